The van der Waals surface area contributed by atoms with Crippen molar-refractivity contribution in [2.45, 2.75) is 95.9 Å². The fourth-order valence-electron chi connectivity index (χ4n) is 6.77. The van der Waals surface area contributed by atoms with Crippen LogP contribution in [-0.2, 0) is 38.6 Å². The minimum absolute atomic E-state index is 0.0322. The van der Waals surface area contributed by atoms with E-state index in [2.05, 4.69) is 20.9 Å². The average molecular weight is 704 g/mol. The van der Waals surface area contributed by atoms with Crippen molar-refractivity contribution in [1.29, 1.82) is 0 Å². The van der Waals surface area contributed by atoms with Crippen LogP contribution in [-0.4, -0.2) is 70.9 Å². The van der Waals surface area contributed by atoms with Crippen LogP contribution in [0.25, 0.3) is 0 Å². The first-order chi connectivity index (χ1) is 24.1. The van der Waals surface area contributed by atoms with Gasteiger partial charge in [-0.05, 0) is 36.3 Å². The first kappa shape index (κ1) is 38.7. The number of thiazole rings is 1. The number of aliphatic hydroxyl groups excluding tert-OH is 1. The van der Waals surface area contributed by atoms with E-state index in [-0.39, 0.29) is 31.1 Å². The molecule has 4 amide bonds. The van der Waals surface area contributed by atoms with Crippen molar-refractivity contribution in [3.05, 3.63) is 88.4 Å². The molecule has 0 radical (unpaired) electrons. The molecule has 50 heavy (non-hydrogen) atoms. The molecule has 4 unspecified atom stereocenters. The molecule has 2 aromatic carbocycles. The molecule has 1 aliphatic carbocycles. The largest absolute Gasteiger partial charge is 0.391 e. The predicted octanol–water partition coefficient (Wildman–Crippen LogP) is 4.67. The Kier molecular flexibility index (Phi) is 15.4. The number of hydrogen-bond donors (Lipinski definition) is 4. The van der Waals surface area contributed by atoms with Crippen molar-refractivity contribution in [2.75, 3.05) is 14.1 Å². The van der Waals surface area contributed by atoms with Gasteiger partial charge in [-0.2, -0.15) is 0 Å². The summed E-state index contributed by atoms with van der Waals surface area (Å²) in [6, 6.07) is 17.6. The maximum atomic E-state index is 14.1. The number of carbonyl (C=O) groups is 4. The van der Waals surface area contributed by atoms with Crippen molar-refractivity contribution in [3.63, 3.8) is 0 Å². The summed E-state index contributed by atoms with van der Waals surface area (Å²) in [5.41, 5.74) is 4.24. The van der Waals surface area contributed by atoms with Gasteiger partial charge in [0.05, 0.1) is 29.3 Å². The monoisotopic (exact) mass is 703 g/mol. The lowest BCUT2D eigenvalue weighted by Crippen LogP contribution is -2.55. The molecule has 0 spiro atoms. The lowest BCUT2D eigenvalue weighted by Gasteiger charge is -2.32. The number of nitrogens with one attached hydrogen (secondary N) is 3. The minimum atomic E-state index is -0.988. The molecule has 10 nitrogen and oxygen atoms in total. The molecule has 0 bridgehead atoms. The highest BCUT2D eigenvalue weighted by atomic mass is 32.1. The van der Waals surface area contributed by atoms with Crippen molar-refractivity contribution in [1.82, 2.24) is 25.8 Å². The van der Waals surface area contributed by atoms with Gasteiger partial charge in [-0.15, -0.1) is 11.3 Å². The zero-order valence-corrected chi connectivity index (χ0v) is 30.4. The van der Waals surface area contributed by atoms with E-state index >= 15 is 0 Å². The third-order valence-corrected chi connectivity index (χ3v) is 10.4. The Bertz CT molecular complexity index is 1480. The van der Waals surface area contributed by atoms with Gasteiger partial charge in [0.2, 0.25) is 23.6 Å². The molecule has 1 aromatic heterocycles. The van der Waals surface area contributed by atoms with E-state index in [0.29, 0.717) is 31.0 Å². The van der Waals surface area contributed by atoms with Crippen molar-refractivity contribution >= 4 is 35.0 Å². The van der Waals surface area contributed by atoms with E-state index in [1.54, 1.807) is 31.4 Å². The van der Waals surface area contributed by atoms with Crippen molar-refractivity contribution < 1.29 is 24.3 Å². The summed E-state index contributed by atoms with van der Waals surface area (Å²) >= 11 is 1.40. The van der Waals surface area contributed by atoms with Crippen molar-refractivity contribution in [3.8, 4) is 0 Å². The molecule has 11 heteroatoms. The first-order valence-corrected chi connectivity index (χ1v) is 18.8. The van der Waals surface area contributed by atoms with Crippen LogP contribution in [0.1, 0.15) is 75.1 Å². The highest BCUT2D eigenvalue weighted by Gasteiger charge is 2.33. The summed E-state index contributed by atoms with van der Waals surface area (Å²) in [6.45, 7) is 2.18. The molecule has 1 saturated carbocycles. The summed E-state index contributed by atoms with van der Waals surface area (Å²) in [5.74, 6) is -2.00. The number of benzene rings is 2. The van der Waals surface area contributed by atoms with Crippen LogP contribution in [0.4, 0.5) is 0 Å². The van der Waals surface area contributed by atoms with Gasteiger partial charge in [-0.25, -0.2) is 4.98 Å². The lowest BCUT2D eigenvalue weighted by molar-refractivity contribution is -0.137. The topological polar surface area (TPSA) is 141 Å². The highest BCUT2D eigenvalue weighted by molar-refractivity contribution is 7.07. The summed E-state index contributed by atoms with van der Waals surface area (Å²) in [6.07, 6.45) is 5.73. The second-order valence-electron chi connectivity index (χ2n) is 13.7. The summed E-state index contributed by atoms with van der Waals surface area (Å²) in [7, 11) is 3.30. The van der Waals surface area contributed by atoms with Crippen LogP contribution in [0.5, 0.6) is 0 Å². The van der Waals surface area contributed by atoms with Gasteiger partial charge in [-0.3, -0.25) is 19.2 Å². The lowest BCUT2D eigenvalue weighted by atomic mass is 9.82. The molecular weight excluding hydrogens is 651 g/mol. The number of aromatic nitrogens is 1. The Morgan fingerprint density at radius 3 is 2.18 bits per heavy atom. The van der Waals surface area contributed by atoms with E-state index in [4.69, 9.17) is 0 Å². The van der Waals surface area contributed by atoms with E-state index in [1.807, 2.05) is 66.0 Å². The predicted molar refractivity (Wildman–Crippen MR) is 196 cm³/mol. The van der Waals surface area contributed by atoms with Crippen molar-refractivity contribution in [2.24, 2.45) is 17.8 Å². The Hall–Kier alpha value is -4.09. The smallest absolute Gasteiger partial charge is 0.243 e. The van der Waals surface area contributed by atoms with E-state index in [1.165, 1.54) is 17.8 Å². The normalized spacial score (nSPS) is 16.3. The molecular formula is C39H53N5O5S. The minimum Gasteiger partial charge on any atom is -0.391 e. The van der Waals surface area contributed by atoms with Crippen LogP contribution in [0, 0.1) is 17.8 Å². The van der Waals surface area contributed by atoms with Gasteiger partial charge in [0.1, 0.15) is 6.04 Å². The molecule has 1 fully saturated rings. The van der Waals surface area contributed by atoms with Gasteiger partial charge in [0.15, 0.2) is 0 Å². The van der Waals surface area contributed by atoms with Crippen LogP contribution in [0.3, 0.4) is 0 Å². The number of aliphatic hydroxyl groups is 1. The van der Waals surface area contributed by atoms with Crippen LogP contribution < -0.4 is 16.0 Å². The first-order valence-electron chi connectivity index (χ1n) is 17.8. The standard InChI is InChI=1S/C39H53N5O5S/c1-27(37(47)40-2)19-35(45)33(21-29-15-9-5-10-16-29)42-39(49)34(23-32-25-50-26-41-32)43-38(48)31(20-28-13-7-4-8-14-28)22-36(46)44(3)24-30-17-11-6-12-18-30/h4,6-8,11-14,17-18,25-27,29,31,33-35,45H,5,9-10,15-16,19-24H2,1-3H3,(H,40,47)(H,42,49)(H,43,48)/t27?,31?,33?,34-,35?/m0/s1. The van der Waals surface area contributed by atoms with E-state index < -0.39 is 41.8 Å². The summed E-state index contributed by atoms with van der Waals surface area (Å²) in [4.78, 5) is 60.1. The molecule has 5 atom stereocenters. The number of rotatable bonds is 18. The highest BCUT2D eigenvalue weighted by Crippen LogP contribution is 2.29. The molecule has 0 saturated heterocycles. The Balaban J connectivity index is 1.53. The average Bonchev–Trinajstić information content (AvgIpc) is 3.64. The van der Waals surface area contributed by atoms with E-state index in [0.717, 1.165) is 36.8 Å². The molecule has 3 aromatic rings. The summed E-state index contributed by atoms with van der Waals surface area (Å²) in [5, 5.41) is 21.9. The van der Waals surface area contributed by atoms with Gasteiger partial charge < -0.3 is 26.0 Å². The molecule has 270 valence electrons. The quantitative estimate of drug-likeness (QED) is 0.152. The Morgan fingerprint density at radius 2 is 1.56 bits per heavy atom. The van der Waals surface area contributed by atoms with Gasteiger partial charge in [-0.1, -0.05) is 99.7 Å². The maximum absolute atomic E-state index is 14.1. The number of carbonyl (C=O) groups excluding carboxylic acids is 4. The summed E-state index contributed by atoms with van der Waals surface area (Å²) < 4.78 is 0. The SMILES string of the molecule is CNC(=O)C(C)CC(O)C(CC1CCCCC1)NC(=O)[C@H](Cc1cscn1)NC(=O)C(CC(=O)N(C)Cc1ccccc1)Cc1ccccc1. The van der Waals surface area contributed by atoms with Gasteiger partial charge >= 0.3 is 0 Å². The maximum Gasteiger partial charge on any atom is 0.243 e. The van der Waals surface area contributed by atoms with Crippen LogP contribution >= 0.6 is 11.3 Å². The molecule has 0 aliphatic heterocycles. The fourth-order valence-corrected chi connectivity index (χ4v) is 7.34. The Morgan fingerprint density at radius 1 is 0.900 bits per heavy atom. The van der Waals surface area contributed by atoms with E-state index in [9.17, 15) is 24.3 Å². The molecule has 4 rings (SSSR count). The van der Waals surface area contributed by atoms with Crippen LogP contribution in [0.15, 0.2) is 71.6 Å². The van der Waals surface area contributed by atoms with Gasteiger partial charge in [0.25, 0.3) is 0 Å². The fraction of sp³-hybridized carbons (Fsp3) is 0.513. The zero-order chi connectivity index (χ0) is 35.9. The third kappa shape index (κ3) is 12.4. The molecule has 1 aliphatic rings. The molecule has 4 N–H and O–H groups in total. The number of hydrogen-bond acceptors (Lipinski definition) is 7. The number of nitrogens with zero attached hydrogens (tertiary/aromatic N) is 2. The zero-order valence-electron chi connectivity index (χ0n) is 29.6. The Labute approximate surface area is 300 Å². The second kappa shape index (κ2) is 19.9. The molecule has 1 heterocycles. The second-order valence-corrected chi connectivity index (χ2v) is 14.5. The van der Waals surface area contributed by atoms with Gasteiger partial charge in [0, 0.05) is 44.8 Å². The number of amides is 4. The third-order valence-electron chi connectivity index (χ3n) is 9.73. The van der Waals surface area contributed by atoms with Crippen LogP contribution in [0.2, 0.25) is 0 Å².